The largest absolute Gasteiger partial charge is 0.326 e. The van der Waals surface area contributed by atoms with Crippen LogP contribution in [-0.4, -0.2) is 24.0 Å². The van der Waals surface area contributed by atoms with Crippen LogP contribution in [0.5, 0.6) is 0 Å². The molecule has 2 N–H and O–H groups in total. The molecule has 1 saturated heterocycles. The zero-order valence-electron chi connectivity index (χ0n) is 8.08. The van der Waals surface area contributed by atoms with Gasteiger partial charge in [0.15, 0.2) is 0 Å². The zero-order chi connectivity index (χ0) is 9.97. The second kappa shape index (κ2) is 3.75. The van der Waals surface area contributed by atoms with Gasteiger partial charge in [-0.05, 0) is 19.1 Å². The van der Waals surface area contributed by atoms with Crippen molar-refractivity contribution < 1.29 is 4.79 Å². The Morgan fingerprint density at radius 3 is 3.00 bits per heavy atom. The molecule has 0 unspecified atom stereocenters. The highest BCUT2D eigenvalue weighted by atomic mass is 16.2. The second-order valence-corrected chi connectivity index (χ2v) is 3.53. The molecule has 0 radical (unpaired) electrons. The van der Waals surface area contributed by atoms with Crippen molar-refractivity contribution in [2.24, 2.45) is 5.92 Å². The minimum absolute atomic E-state index is 0.0920. The molecule has 74 valence electrons. The van der Waals surface area contributed by atoms with E-state index in [2.05, 4.69) is 15.6 Å². The van der Waals surface area contributed by atoms with Crippen molar-refractivity contribution in [1.29, 1.82) is 0 Å². The molecule has 0 aromatic carbocycles. The number of pyridine rings is 1. The highest BCUT2D eigenvalue weighted by Gasteiger charge is 2.24. The van der Waals surface area contributed by atoms with Gasteiger partial charge in [0.2, 0.25) is 5.91 Å². The van der Waals surface area contributed by atoms with E-state index >= 15 is 0 Å². The van der Waals surface area contributed by atoms with Gasteiger partial charge < -0.3 is 10.6 Å². The maximum absolute atomic E-state index is 11.5. The molecule has 14 heavy (non-hydrogen) atoms. The number of rotatable bonds is 2. The molecule has 0 aliphatic carbocycles. The van der Waals surface area contributed by atoms with Gasteiger partial charge in [0.25, 0.3) is 0 Å². The third-order valence-corrected chi connectivity index (χ3v) is 2.32. The Morgan fingerprint density at radius 2 is 2.43 bits per heavy atom. The minimum Gasteiger partial charge on any atom is -0.326 e. The Balaban J connectivity index is 1.99. The van der Waals surface area contributed by atoms with Crippen LogP contribution in [0.2, 0.25) is 0 Å². The van der Waals surface area contributed by atoms with Gasteiger partial charge in [-0.1, -0.05) is 0 Å². The molecule has 1 aromatic heterocycles. The third-order valence-electron chi connectivity index (χ3n) is 2.32. The van der Waals surface area contributed by atoms with Crippen molar-refractivity contribution in [1.82, 2.24) is 10.3 Å². The summed E-state index contributed by atoms with van der Waals surface area (Å²) < 4.78 is 0. The number of amides is 1. The highest BCUT2D eigenvalue weighted by molar-refractivity contribution is 5.93. The van der Waals surface area contributed by atoms with Crippen LogP contribution in [0.15, 0.2) is 18.3 Å². The normalized spacial score (nSPS) is 16.1. The Labute approximate surface area is 82.7 Å². The SMILES string of the molecule is Cc1cc(NC(=O)C2CNC2)ccn1. The molecule has 0 atom stereocenters. The number of carbonyl (C=O) groups is 1. The lowest BCUT2D eigenvalue weighted by Gasteiger charge is -2.25. The van der Waals surface area contributed by atoms with Crippen LogP contribution in [0.25, 0.3) is 0 Å². The standard InChI is InChI=1S/C10H13N3O/c1-7-4-9(2-3-12-7)13-10(14)8-5-11-6-8/h2-4,8,11H,5-6H2,1H3,(H,12,13,14). The summed E-state index contributed by atoms with van der Waals surface area (Å²) in [5, 5.41) is 5.93. The van der Waals surface area contributed by atoms with Gasteiger partial charge in [0.05, 0.1) is 5.92 Å². The number of aromatic nitrogens is 1. The molecule has 1 aromatic rings. The summed E-state index contributed by atoms with van der Waals surface area (Å²) in [5.74, 6) is 0.220. The average molecular weight is 191 g/mol. The van der Waals surface area contributed by atoms with Crippen LogP contribution in [0, 0.1) is 12.8 Å². The summed E-state index contributed by atoms with van der Waals surface area (Å²) in [6.07, 6.45) is 1.70. The van der Waals surface area contributed by atoms with Crippen LogP contribution in [0.1, 0.15) is 5.69 Å². The maximum Gasteiger partial charge on any atom is 0.230 e. The van der Waals surface area contributed by atoms with Gasteiger partial charge in [-0.25, -0.2) is 0 Å². The first-order chi connectivity index (χ1) is 6.75. The van der Waals surface area contributed by atoms with E-state index in [1.165, 1.54) is 0 Å². The van der Waals surface area contributed by atoms with Crippen molar-refractivity contribution in [3.63, 3.8) is 0 Å². The first-order valence-corrected chi connectivity index (χ1v) is 4.70. The van der Waals surface area contributed by atoms with Crippen LogP contribution in [0.3, 0.4) is 0 Å². The van der Waals surface area contributed by atoms with E-state index in [-0.39, 0.29) is 11.8 Å². The van der Waals surface area contributed by atoms with Crippen molar-refractivity contribution in [3.05, 3.63) is 24.0 Å². The average Bonchev–Trinajstić information content (AvgIpc) is 1.99. The van der Waals surface area contributed by atoms with E-state index in [0.717, 1.165) is 24.5 Å². The number of nitrogens with one attached hydrogen (secondary N) is 2. The van der Waals surface area contributed by atoms with Gasteiger partial charge in [-0.2, -0.15) is 0 Å². The van der Waals surface area contributed by atoms with Crippen LogP contribution >= 0.6 is 0 Å². The molecule has 2 rings (SSSR count). The predicted molar refractivity (Wildman–Crippen MR) is 54.0 cm³/mol. The van der Waals surface area contributed by atoms with Crippen molar-refractivity contribution in [3.8, 4) is 0 Å². The fraction of sp³-hybridized carbons (Fsp3) is 0.400. The molecule has 0 saturated carbocycles. The number of anilines is 1. The number of carbonyl (C=O) groups excluding carboxylic acids is 1. The Kier molecular flexibility index (Phi) is 2.45. The highest BCUT2D eigenvalue weighted by Crippen LogP contribution is 2.11. The lowest BCUT2D eigenvalue weighted by molar-refractivity contribution is -0.121. The molecule has 1 aliphatic rings. The molecular formula is C10H13N3O. The van der Waals surface area contributed by atoms with E-state index < -0.39 is 0 Å². The molecule has 4 heteroatoms. The molecule has 0 spiro atoms. The quantitative estimate of drug-likeness (QED) is 0.717. The Bertz CT molecular complexity index is 347. The summed E-state index contributed by atoms with van der Waals surface area (Å²) in [4.78, 5) is 15.6. The van der Waals surface area contributed by atoms with E-state index in [9.17, 15) is 4.79 Å². The molecule has 1 aliphatic heterocycles. The van der Waals surface area contributed by atoms with Crippen LogP contribution in [-0.2, 0) is 4.79 Å². The number of hydrogen-bond donors (Lipinski definition) is 2. The van der Waals surface area contributed by atoms with Gasteiger partial charge in [-0.3, -0.25) is 9.78 Å². The molecule has 4 nitrogen and oxygen atoms in total. The predicted octanol–water partition coefficient (Wildman–Crippen LogP) is 0.548. The van der Waals surface area contributed by atoms with Crippen LogP contribution < -0.4 is 10.6 Å². The number of aryl methyl sites for hydroxylation is 1. The van der Waals surface area contributed by atoms with Crippen molar-refractivity contribution >= 4 is 11.6 Å². The molecule has 1 amide bonds. The lowest BCUT2D eigenvalue weighted by atomic mass is 10.0. The molecular weight excluding hydrogens is 178 g/mol. The van der Waals surface area contributed by atoms with E-state index in [4.69, 9.17) is 0 Å². The smallest absolute Gasteiger partial charge is 0.230 e. The first kappa shape index (κ1) is 9.15. The molecule has 0 bridgehead atoms. The van der Waals surface area contributed by atoms with Gasteiger partial charge in [-0.15, -0.1) is 0 Å². The third kappa shape index (κ3) is 1.90. The zero-order valence-corrected chi connectivity index (χ0v) is 8.08. The molecule has 2 heterocycles. The summed E-state index contributed by atoms with van der Waals surface area (Å²) in [6.45, 7) is 3.48. The summed E-state index contributed by atoms with van der Waals surface area (Å²) in [7, 11) is 0. The molecule has 1 fully saturated rings. The monoisotopic (exact) mass is 191 g/mol. The Hall–Kier alpha value is -1.42. The Morgan fingerprint density at radius 1 is 1.64 bits per heavy atom. The van der Waals surface area contributed by atoms with Crippen molar-refractivity contribution in [2.45, 2.75) is 6.92 Å². The first-order valence-electron chi connectivity index (χ1n) is 4.70. The van der Waals surface area contributed by atoms with E-state index in [1.54, 1.807) is 12.3 Å². The van der Waals surface area contributed by atoms with Crippen LogP contribution in [0.4, 0.5) is 5.69 Å². The minimum atomic E-state index is 0.0920. The number of nitrogens with zero attached hydrogens (tertiary/aromatic N) is 1. The summed E-state index contributed by atoms with van der Waals surface area (Å²) in [5.41, 5.74) is 1.74. The van der Waals surface area contributed by atoms with E-state index in [0.29, 0.717) is 0 Å². The second-order valence-electron chi connectivity index (χ2n) is 3.53. The van der Waals surface area contributed by atoms with Gasteiger partial charge in [0.1, 0.15) is 0 Å². The van der Waals surface area contributed by atoms with Gasteiger partial charge in [0, 0.05) is 30.7 Å². The fourth-order valence-electron chi connectivity index (χ4n) is 1.34. The fourth-order valence-corrected chi connectivity index (χ4v) is 1.34. The summed E-state index contributed by atoms with van der Waals surface area (Å²) >= 11 is 0. The topological polar surface area (TPSA) is 54.0 Å². The number of hydrogen-bond acceptors (Lipinski definition) is 3. The van der Waals surface area contributed by atoms with E-state index in [1.807, 2.05) is 13.0 Å². The lowest BCUT2D eigenvalue weighted by Crippen LogP contribution is -2.48. The van der Waals surface area contributed by atoms with Crippen molar-refractivity contribution in [2.75, 3.05) is 18.4 Å². The van der Waals surface area contributed by atoms with Gasteiger partial charge >= 0.3 is 0 Å². The maximum atomic E-state index is 11.5. The summed E-state index contributed by atoms with van der Waals surface area (Å²) in [6, 6.07) is 3.67.